The molecule has 0 spiro atoms. The lowest BCUT2D eigenvalue weighted by atomic mass is 10.1. The van der Waals surface area contributed by atoms with Crippen LogP contribution in [-0.2, 0) is 6.42 Å². The van der Waals surface area contributed by atoms with Crippen LogP contribution in [0.4, 0.5) is 0 Å². The van der Waals surface area contributed by atoms with E-state index in [2.05, 4.69) is 30.1 Å². The summed E-state index contributed by atoms with van der Waals surface area (Å²) in [5.74, 6) is 2.27. The van der Waals surface area contributed by atoms with Crippen molar-refractivity contribution in [1.82, 2.24) is 10.1 Å². The molecule has 0 saturated heterocycles. The largest absolute Gasteiger partial charge is 0.339 e. The molecule has 4 heteroatoms. The number of nitrogens with zero attached hydrogens (tertiary/aromatic N) is 2. The maximum absolute atomic E-state index is 5.77. The molecule has 2 atom stereocenters. The molecule has 82 valence electrons. The monoisotopic (exact) mass is 207 g/mol. The standard InChI is InChI=1S/C11H17N3O/c1-7(2)5-10-13-11(15-14-10)8-3-4-9(12)6-8/h3-4,7-9H,5-6,12H2,1-2H3. The summed E-state index contributed by atoms with van der Waals surface area (Å²) in [6, 6.07) is 0.135. The van der Waals surface area contributed by atoms with E-state index >= 15 is 0 Å². The molecule has 2 N–H and O–H groups in total. The van der Waals surface area contributed by atoms with Gasteiger partial charge >= 0.3 is 0 Å². The number of hydrogen-bond acceptors (Lipinski definition) is 4. The van der Waals surface area contributed by atoms with Gasteiger partial charge in [-0.3, -0.25) is 0 Å². The predicted molar refractivity (Wildman–Crippen MR) is 57.3 cm³/mol. The van der Waals surface area contributed by atoms with E-state index in [0.717, 1.165) is 18.7 Å². The van der Waals surface area contributed by atoms with Gasteiger partial charge in [0.1, 0.15) is 0 Å². The van der Waals surface area contributed by atoms with Gasteiger partial charge in [-0.05, 0) is 12.3 Å². The SMILES string of the molecule is CC(C)Cc1noc(C2C=CC(N)C2)n1. The number of aromatic nitrogens is 2. The fraction of sp³-hybridized carbons (Fsp3) is 0.636. The van der Waals surface area contributed by atoms with Crippen LogP contribution in [0.3, 0.4) is 0 Å². The van der Waals surface area contributed by atoms with Crippen LogP contribution in [0.1, 0.15) is 37.9 Å². The van der Waals surface area contributed by atoms with Crippen LogP contribution in [-0.4, -0.2) is 16.2 Å². The van der Waals surface area contributed by atoms with Crippen molar-refractivity contribution < 1.29 is 4.52 Å². The molecule has 0 saturated carbocycles. The van der Waals surface area contributed by atoms with Crippen molar-refractivity contribution in [1.29, 1.82) is 0 Å². The first kappa shape index (κ1) is 10.4. The fourth-order valence-electron chi connectivity index (χ4n) is 1.78. The molecule has 0 radical (unpaired) electrons. The van der Waals surface area contributed by atoms with Gasteiger partial charge in [-0.25, -0.2) is 0 Å². The second-order valence-corrected chi connectivity index (χ2v) is 4.54. The van der Waals surface area contributed by atoms with E-state index in [-0.39, 0.29) is 12.0 Å². The van der Waals surface area contributed by atoms with Crippen LogP contribution in [0, 0.1) is 5.92 Å². The highest BCUT2D eigenvalue weighted by Gasteiger charge is 2.22. The molecule has 1 aliphatic rings. The predicted octanol–water partition coefficient (Wildman–Crippen LogP) is 1.64. The van der Waals surface area contributed by atoms with Crippen molar-refractivity contribution in [3.63, 3.8) is 0 Å². The smallest absolute Gasteiger partial charge is 0.233 e. The number of nitrogens with two attached hydrogens (primary N) is 1. The summed E-state index contributed by atoms with van der Waals surface area (Å²) in [5, 5.41) is 3.97. The zero-order valence-corrected chi connectivity index (χ0v) is 9.18. The Balaban J connectivity index is 2.04. The molecule has 0 fully saturated rings. The number of allylic oxidation sites excluding steroid dienone is 1. The lowest BCUT2D eigenvalue weighted by Crippen LogP contribution is -2.14. The molecule has 1 aliphatic carbocycles. The maximum Gasteiger partial charge on any atom is 0.233 e. The van der Waals surface area contributed by atoms with Crippen LogP contribution in [0.5, 0.6) is 0 Å². The van der Waals surface area contributed by atoms with E-state index in [1.54, 1.807) is 0 Å². The second-order valence-electron chi connectivity index (χ2n) is 4.54. The van der Waals surface area contributed by atoms with Crippen molar-refractivity contribution >= 4 is 0 Å². The molecule has 2 rings (SSSR count). The van der Waals surface area contributed by atoms with Gasteiger partial charge in [-0.15, -0.1) is 0 Å². The van der Waals surface area contributed by atoms with E-state index in [1.165, 1.54) is 0 Å². The van der Waals surface area contributed by atoms with Crippen molar-refractivity contribution in [2.75, 3.05) is 0 Å². The third-order valence-corrected chi connectivity index (χ3v) is 2.51. The first-order valence-corrected chi connectivity index (χ1v) is 5.41. The van der Waals surface area contributed by atoms with Gasteiger partial charge < -0.3 is 10.3 Å². The lowest BCUT2D eigenvalue weighted by molar-refractivity contribution is 0.358. The quantitative estimate of drug-likeness (QED) is 0.765. The third-order valence-electron chi connectivity index (χ3n) is 2.51. The zero-order valence-electron chi connectivity index (χ0n) is 9.18. The molecule has 0 bridgehead atoms. The highest BCUT2D eigenvalue weighted by molar-refractivity contribution is 5.15. The summed E-state index contributed by atoms with van der Waals surface area (Å²) in [7, 11) is 0. The molecular formula is C11H17N3O. The molecule has 0 amide bonds. The van der Waals surface area contributed by atoms with Crippen molar-refractivity contribution in [3.05, 3.63) is 23.9 Å². The van der Waals surface area contributed by atoms with E-state index in [0.29, 0.717) is 11.8 Å². The minimum atomic E-state index is 0.135. The summed E-state index contributed by atoms with van der Waals surface area (Å²) in [5.41, 5.74) is 5.77. The maximum atomic E-state index is 5.77. The number of hydrogen-bond donors (Lipinski definition) is 1. The summed E-state index contributed by atoms with van der Waals surface area (Å²) in [6.07, 6.45) is 5.80. The Morgan fingerprint density at radius 3 is 2.93 bits per heavy atom. The molecule has 2 unspecified atom stereocenters. The van der Waals surface area contributed by atoms with E-state index in [1.807, 2.05) is 6.08 Å². The van der Waals surface area contributed by atoms with Crippen LogP contribution >= 0.6 is 0 Å². The van der Waals surface area contributed by atoms with Crippen molar-refractivity contribution in [2.24, 2.45) is 11.7 Å². The molecule has 0 aromatic carbocycles. The average molecular weight is 207 g/mol. The normalized spacial score (nSPS) is 25.3. The molecule has 1 aromatic heterocycles. The highest BCUT2D eigenvalue weighted by atomic mass is 16.5. The van der Waals surface area contributed by atoms with Gasteiger partial charge in [0.25, 0.3) is 0 Å². The average Bonchev–Trinajstić information content (AvgIpc) is 2.72. The number of rotatable bonds is 3. The molecule has 1 aromatic rings. The van der Waals surface area contributed by atoms with Gasteiger partial charge in [0.15, 0.2) is 5.82 Å². The highest BCUT2D eigenvalue weighted by Crippen LogP contribution is 2.26. The first-order chi connectivity index (χ1) is 7.15. The molecule has 4 nitrogen and oxygen atoms in total. The van der Waals surface area contributed by atoms with Gasteiger partial charge in [0.2, 0.25) is 5.89 Å². The van der Waals surface area contributed by atoms with Crippen LogP contribution < -0.4 is 5.73 Å². The zero-order chi connectivity index (χ0) is 10.8. The Kier molecular flexibility index (Phi) is 2.86. The van der Waals surface area contributed by atoms with Crippen molar-refractivity contribution in [3.8, 4) is 0 Å². The minimum Gasteiger partial charge on any atom is -0.339 e. The molecule has 1 heterocycles. The Hall–Kier alpha value is -1.16. The van der Waals surface area contributed by atoms with Crippen LogP contribution in [0.25, 0.3) is 0 Å². The van der Waals surface area contributed by atoms with Gasteiger partial charge in [0, 0.05) is 12.5 Å². The van der Waals surface area contributed by atoms with Gasteiger partial charge in [-0.1, -0.05) is 31.2 Å². The van der Waals surface area contributed by atoms with Gasteiger partial charge in [-0.2, -0.15) is 4.98 Å². The summed E-state index contributed by atoms with van der Waals surface area (Å²) < 4.78 is 5.23. The molecule has 15 heavy (non-hydrogen) atoms. The second kappa shape index (κ2) is 4.14. The third kappa shape index (κ3) is 2.45. The summed E-state index contributed by atoms with van der Waals surface area (Å²) >= 11 is 0. The van der Waals surface area contributed by atoms with Crippen LogP contribution in [0.15, 0.2) is 16.7 Å². The van der Waals surface area contributed by atoms with E-state index < -0.39 is 0 Å². The van der Waals surface area contributed by atoms with Crippen LogP contribution in [0.2, 0.25) is 0 Å². The summed E-state index contributed by atoms with van der Waals surface area (Å²) in [6.45, 7) is 4.28. The Labute approximate surface area is 89.5 Å². The van der Waals surface area contributed by atoms with Crippen molar-refractivity contribution in [2.45, 2.75) is 38.6 Å². The molecule has 0 aliphatic heterocycles. The first-order valence-electron chi connectivity index (χ1n) is 5.41. The molecular weight excluding hydrogens is 190 g/mol. The summed E-state index contributed by atoms with van der Waals surface area (Å²) in [4.78, 5) is 4.38. The van der Waals surface area contributed by atoms with E-state index in [4.69, 9.17) is 10.3 Å². The Morgan fingerprint density at radius 2 is 2.33 bits per heavy atom. The Morgan fingerprint density at radius 1 is 1.53 bits per heavy atom. The topological polar surface area (TPSA) is 64.9 Å². The van der Waals surface area contributed by atoms with E-state index in [9.17, 15) is 0 Å². The fourth-order valence-corrected chi connectivity index (χ4v) is 1.78. The Bertz CT molecular complexity index is 356. The lowest BCUT2D eigenvalue weighted by Gasteiger charge is -2.02. The minimum absolute atomic E-state index is 0.135. The van der Waals surface area contributed by atoms with Gasteiger partial charge in [0.05, 0.1) is 5.92 Å².